The molecule has 0 bridgehead atoms. The van der Waals surface area contributed by atoms with Crippen molar-refractivity contribution in [1.82, 2.24) is 10.6 Å². The van der Waals surface area contributed by atoms with Gasteiger partial charge in [0.15, 0.2) is 5.78 Å². The number of ketones is 1. The number of hydrogen-bond donors (Lipinski definition) is 2. The van der Waals surface area contributed by atoms with Crippen LogP contribution >= 0.6 is 0 Å². The van der Waals surface area contributed by atoms with E-state index in [1.54, 1.807) is 19.9 Å². The lowest BCUT2D eigenvalue weighted by molar-refractivity contribution is -0.127. The normalized spacial score (nSPS) is 20.1. The Bertz CT molecular complexity index is 919. The first-order valence-electron chi connectivity index (χ1n) is 10.0. The highest BCUT2D eigenvalue weighted by Crippen LogP contribution is 2.28. The number of benzene rings is 1. The number of nitrogens with one attached hydrogen (secondary N) is 2. The van der Waals surface area contributed by atoms with Crippen LogP contribution in [0.1, 0.15) is 48.9 Å². The van der Waals surface area contributed by atoms with Crippen LogP contribution in [0.25, 0.3) is 0 Å². The van der Waals surface area contributed by atoms with Crippen molar-refractivity contribution in [2.24, 2.45) is 0 Å². The molecule has 0 radical (unpaired) electrons. The third-order valence-corrected chi connectivity index (χ3v) is 5.60. The average Bonchev–Trinajstić information content (AvgIpc) is 3.28. The van der Waals surface area contributed by atoms with Crippen LogP contribution in [0.15, 0.2) is 47.1 Å². The van der Waals surface area contributed by atoms with E-state index in [-0.39, 0.29) is 12.4 Å². The van der Waals surface area contributed by atoms with Crippen LogP contribution < -0.4 is 10.6 Å². The molecule has 7 nitrogen and oxygen atoms in total. The molecule has 2 amide bonds. The van der Waals surface area contributed by atoms with E-state index in [9.17, 15) is 14.4 Å². The highest BCUT2D eigenvalue weighted by Gasteiger charge is 2.37. The summed E-state index contributed by atoms with van der Waals surface area (Å²) in [7, 11) is 0. The molecule has 7 heteroatoms. The third kappa shape index (κ3) is 4.79. The van der Waals surface area contributed by atoms with Crippen molar-refractivity contribution in [3.63, 3.8) is 0 Å². The van der Waals surface area contributed by atoms with Gasteiger partial charge in [-0.1, -0.05) is 44.2 Å². The van der Waals surface area contributed by atoms with Gasteiger partial charge in [-0.25, -0.2) is 0 Å². The molecule has 0 unspecified atom stereocenters. The molecule has 0 saturated carbocycles. The second kappa shape index (κ2) is 8.83. The summed E-state index contributed by atoms with van der Waals surface area (Å²) in [5.74, 6) is -0.507. The van der Waals surface area contributed by atoms with E-state index < -0.39 is 35.4 Å². The fourth-order valence-electron chi connectivity index (χ4n) is 3.70. The Hall–Kier alpha value is -2.93. The topological polar surface area (TPSA) is 97.6 Å². The maximum atomic E-state index is 13.1. The van der Waals surface area contributed by atoms with E-state index in [1.165, 1.54) is 6.26 Å². The molecule has 160 valence electrons. The molecule has 3 atom stereocenters. The van der Waals surface area contributed by atoms with E-state index in [2.05, 4.69) is 10.6 Å². The molecular weight excluding hydrogens is 384 g/mol. The lowest BCUT2D eigenvalue weighted by atomic mass is 9.78. The molecule has 30 heavy (non-hydrogen) atoms. The summed E-state index contributed by atoms with van der Waals surface area (Å²) in [5.41, 5.74) is 1.02. The minimum Gasteiger partial charge on any atom is -0.469 e. The quantitative estimate of drug-likeness (QED) is 0.728. The first kappa shape index (κ1) is 21.8. The zero-order chi connectivity index (χ0) is 21.9. The van der Waals surface area contributed by atoms with Gasteiger partial charge in [0, 0.05) is 0 Å². The number of ether oxygens (including phenoxy) is 1. The number of rotatable bonds is 7. The van der Waals surface area contributed by atoms with Crippen molar-refractivity contribution in [2.75, 3.05) is 6.61 Å². The molecular formula is C23H28N2O5. The van der Waals surface area contributed by atoms with Gasteiger partial charge in [-0.2, -0.15) is 0 Å². The SMILES string of the molecule is Cc1occc1C(=O)N[C@@H](CC(C)(C)c1ccccc1)C(=O)N[C@@H]1C(=O)CO[C@H]1C. The van der Waals surface area contributed by atoms with Gasteiger partial charge < -0.3 is 19.8 Å². The number of hydrogen-bond acceptors (Lipinski definition) is 5. The van der Waals surface area contributed by atoms with Gasteiger partial charge in [-0.15, -0.1) is 0 Å². The van der Waals surface area contributed by atoms with Crippen molar-refractivity contribution in [2.45, 2.75) is 57.7 Å². The maximum Gasteiger partial charge on any atom is 0.255 e. The number of furan rings is 1. The monoisotopic (exact) mass is 412 g/mol. The summed E-state index contributed by atoms with van der Waals surface area (Å²) in [6.45, 7) is 7.45. The zero-order valence-corrected chi connectivity index (χ0v) is 17.7. The van der Waals surface area contributed by atoms with Crippen molar-refractivity contribution < 1.29 is 23.5 Å². The molecule has 0 spiro atoms. The van der Waals surface area contributed by atoms with Crippen LogP contribution in [0.3, 0.4) is 0 Å². The number of Topliss-reactive ketones (excluding diaryl/α,β-unsaturated/α-hetero) is 1. The predicted octanol–water partition coefficient (Wildman–Crippen LogP) is 2.53. The van der Waals surface area contributed by atoms with Gasteiger partial charge in [0.25, 0.3) is 5.91 Å². The first-order valence-corrected chi connectivity index (χ1v) is 10.0. The van der Waals surface area contributed by atoms with Crippen molar-refractivity contribution >= 4 is 17.6 Å². The van der Waals surface area contributed by atoms with Gasteiger partial charge in [-0.3, -0.25) is 14.4 Å². The van der Waals surface area contributed by atoms with Crippen LogP contribution in [-0.4, -0.2) is 42.4 Å². The Morgan fingerprint density at radius 1 is 1.20 bits per heavy atom. The highest BCUT2D eigenvalue weighted by atomic mass is 16.5. The second-order valence-corrected chi connectivity index (χ2v) is 8.34. The summed E-state index contributed by atoms with van der Waals surface area (Å²) >= 11 is 0. The third-order valence-electron chi connectivity index (χ3n) is 5.60. The summed E-state index contributed by atoms with van der Waals surface area (Å²) in [6, 6.07) is 9.81. The Balaban J connectivity index is 1.82. The molecule has 1 aromatic heterocycles. The van der Waals surface area contributed by atoms with Gasteiger partial charge in [0.05, 0.1) is 17.9 Å². The fraction of sp³-hybridized carbons (Fsp3) is 0.435. The van der Waals surface area contributed by atoms with Crippen molar-refractivity contribution in [1.29, 1.82) is 0 Å². The molecule has 2 aromatic rings. The molecule has 1 aliphatic heterocycles. The molecule has 1 fully saturated rings. The van der Waals surface area contributed by atoms with E-state index in [4.69, 9.17) is 9.15 Å². The molecule has 3 rings (SSSR count). The van der Waals surface area contributed by atoms with Crippen LogP contribution in [0.2, 0.25) is 0 Å². The second-order valence-electron chi connectivity index (χ2n) is 8.34. The van der Waals surface area contributed by atoms with Crippen LogP contribution in [-0.2, 0) is 19.7 Å². The standard InChI is InChI=1S/C23H28N2O5/c1-14-17(10-11-29-14)21(27)24-18(12-23(3,4)16-8-6-5-7-9-16)22(28)25-20-15(2)30-13-19(20)26/h5-11,15,18,20H,12-13H2,1-4H3,(H,24,27)(H,25,28)/t15-,18-,20-/m0/s1. The maximum absolute atomic E-state index is 13.1. The number of carbonyl (C=O) groups excluding carboxylic acids is 3. The zero-order valence-electron chi connectivity index (χ0n) is 17.7. The molecule has 1 saturated heterocycles. The summed E-state index contributed by atoms with van der Waals surface area (Å²) in [6.07, 6.45) is 1.38. The predicted molar refractivity (Wildman–Crippen MR) is 111 cm³/mol. The Kier molecular flexibility index (Phi) is 6.41. The van der Waals surface area contributed by atoms with Crippen LogP contribution in [0, 0.1) is 6.92 Å². The van der Waals surface area contributed by atoms with Gasteiger partial charge in [0.2, 0.25) is 5.91 Å². The van der Waals surface area contributed by atoms with Crippen molar-refractivity contribution in [3.8, 4) is 0 Å². The number of amides is 2. The van der Waals surface area contributed by atoms with Crippen LogP contribution in [0.5, 0.6) is 0 Å². The summed E-state index contributed by atoms with van der Waals surface area (Å²) < 4.78 is 10.5. The van der Waals surface area contributed by atoms with Gasteiger partial charge >= 0.3 is 0 Å². The lowest BCUT2D eigenvalue weighted by Crippen LogP contribution is -2.54. The van der Waals surface area contributed by atoms with E-state index in [0.29, 0.717) is 17.7 Å². The number of carbonyl (C=O) groups is 3. The smallest absolute Gasteiger partial charge is 0.255 e. The van der Waals surface area contributed by atoms with E-state index in [1.807, 2.05) is 44.2 Å². The summed E-state index contributed by atoms with van der Waals surface area (Å²) in [4.78, 5) is 38.0. The minimum absolute atomic E-state index is 0.0210. The fourth-order valence-corrected chi connectivity index (χ4v) is 3.70. The van der Waals surface area contributed by atoms with Gasteiger partial charge in [-0.05, 0) is 37.3 Å². The molecule has 2 N–H and O–H groups in total. The molecule has 0 aliphatic carbocycles. The molecule has 1 aliphatic rings. The van der Waals surface area contributed by atoms with Crippen LogP contribution in [0.4, 0.5) is 0 Å². The minimum atomic E-state index is -0.845. The Labute approximate surface area is 176 Å². The highest BCUT2D eigenvalue weighted by molar-refractivity contribution is 5.99. The van der Waals surface area contributed by atoms with Crippen molar-refractivity contribution in [3.05, 3.63) is 59.5 Å². The first-order chi connectivity index (χ1) is 14.2. The van der Waals surface area contributed by atoms with E-state index >= 15 is 0 Å². The molecule has 2 heterocycles. The largest absolute Gasteiger partial charge is 0.469 e. The average molecular weight is 412 g/mol. The lowest BCUT2D eigenvalue weighted by Gasteiger charge is -2.31. The Morgan fingerprint density at radius 2 is 1.90 bits per heavy atom. The molecule has 1 aromatic carbocycles. The number of aryl methyl sites for hydroxylation is 1. The van der Waals surface area contributed by atoms with E-state index in [0.717, 1.165) is 5.56 Å². The van der Waals surface area contributed by atoms with Gasteiger partial charge in [0.1, 0.15) is 24.5 Å². The summed E-state index contributed by atoms with van der Waals surface area (Å²) in [5, 5.41) is 5.59. The Morgan fingerprint density at radius 3 is 2.47 bits per heavy atom.